The summed E-state index contributed by atoms with van der Waals surface area (Å²) in [6.07, 6.45) is 1.17. The molecule has 0 amide bonds. The second kappa shape index (κ2) is 7.70. The summed E-state index contributed by atoms with van der Waals surface area (Å²) in [6, 6.07) is 0. The number of carboxylic acid groups (broad SMARTS) is 1. The average molecular weight is 219 g/mol. The molecule has 0 radical (unpaired) electrons. The van der Waals surface area contributed by atoms with E-state index in [0.29, 0.717) is 24.6 Å². The topological polar surface area (TPSA) is 66.4 Å². The summed E-state index contributed by atoms with van der Waals surface area (Å²) in [5.41, 5.74) is 0.764. The molecule has 0 saturated carbocycles. The molecule has 0 aromatic rings. The van der Waals surface area contributed by atoms with Crippen molar-refractivity contribution in [2.45, 2.75) is 13.8 Å². The van der Waals surface area contributed by atoms with Gasteiger partial charge in [-0.15, -0.1) is 0 Å². The van der Waals surface area contributed by atoms with E-state index in [0.717, 1.165) is 5.57 Å². The van der Waals surface area contributed by atoms with Crippen LogP contribution < -0.4 is 5.32 Å². The van der Waals surface area contributed by atoms with Gasteiger partial charge in [0.25, 0.3) is 0 Å². The highest BCUT2D eigenvalue weighted by atomic mass is 32.2. The minimum atomic E-state index is -0.929. The van der Waals surface area contributed by atoms with Gasteiger partial charge in [0.15, 0.2) is 0 Å². The van der Waals surface area contributed by atoms with Crippen molar-refractivity contribution in [2.24, 2.45) is 0 Å². The maximum Gasteiger partial charge on any atom is 0.328 e. The first-order valence-corrected chi connectivity index (χ1v) is 6.00. The molecular weight excluding hydrogens is 202 g/mol. The second-order valence-corrected chi connectivity index (χ2v) is 4.80. The van der Waals surface area contributed by atoms with Crippen LogP contribution in [0.1, 0.15) is 13.8 Å². The SMILES string of the molecule is CCS(=O)CCNCC(C)=CC(=O)O. The van der Waals surface area contributed by atoms with Crippen molar-refractivity contribution in [2.75, 3.05) is 24.6 Å². The van der Waals surface area contributed by atoms with Crippen molar-refractivity contribution in [1.29, 1.82) is 0 Å². The molecular formula is C9H17NO3S. The lowest BCUT2D eigenvalue weighted by atomic mass is 10.3. The highest BCUT2D eigenvalue weighted by Crippen LogP contribution is 1.89. The van der Waals surface area contributed by atoms with Gasteiger partial charge in [-0.3, -0.25) is 4.21 Å². The number of carbonyl (C=O) groups is 1. The molecule has 0 aliphatic carbocycles. The molecule has 0 aliphatic rings. The first-order valence-electron chi connectivity index (χ1n) is 4.52. The molecule has 0 fully saturated rings. The lowest BCUT2D eigenvalue weighted by molar-refractivity contribution is -0.131. The molecule has 2 N–H and O–H groups in total. The predicted molar refractivity (Wildman–Crippen MR) is 57.8 cm³/mol. The van der Waals surface area contributed by atoms with Crippen molar-refractivity contribution in [3.8, 4) is 0 Å². The van der Waals surface area contributed by atoms with Crippen LogP contribution >= 0.6 is 0 Å². The molecule has 1 atom stereocenters. The van der Waals surface area contributed by atoms with E-state index in [1.54, 1.807) is 6.92 Å². The monoisotopic (exact) mass is 219 g/mol. The average Bonchev–Trinajstić information content (AvgIpc) is 2.10. The number of aliphatic carboxylic acids is 1. The summed E-state index contributed by atoms with van der Waals surface area (Å²) in [6.45, 7) is 4.82. The predicted octanol–water partition coefficient (Wildman–Crippen LogP) is 0.375. The number of nitrogens with one attached hydrogen (secondary N) is 1. The number of hydrogen-bond acceptors (Lipinski definition) is 3. The summed E-state index contributed by atoms with van der Waals surface area (Å²) in [5, 5.41) is 11.4. The van der Waals surface area contributed by atoms with Crippen LogP contribution in [0.4, 0.5) is 0 Å². The van der Waals surface area contributed by atoms with Gasteiger partial charge >= 0.3 is 5.97 Å². The molecule has 14 heavy (non-hydrogen) atoms. The van der Waals surface area contributed by atoms with Gasteiger partial charge in [0, 0.05) is 41.5 Å². The third-order valence-electron chi connectivity index (χ3n) is 1.60. The van der Waals surface area contributed by atoms with Crippen LogP contribution in [0.25, 0.3) is 0 Å². The molecule has 1 unspecified atom stereocenters. The Labute approximate surface area is 86.8 Å². The molecule has 0 spiro atoms. The van der Waals surface area contributed by atoms with Gasteiger partial charge in [0.2, 0.25) is 0 Å². The smallest absolute Gasteiger partial charge is 0.328 e. The molecule has 0 bridgehead atoms. The molecule has 0 rings (SSSR count). The van der Waals surface area contributed by atoms with Crippen LogP contribution in [-0.2, 0) is 15.6 Å². The fraction of sp³-hybridized carbons (Fsp3) is 0.667. The fourth-order valence-corrected chi connectivity index (χ4v) is 1.54. The zero-order valence-corrected chi connectivity index (χ0v) is 9.39. The van der Waals surface area contributed by atoms with Crippen LogP contribution in [0.15, 0.2) is 11.6 Å². The molecule has 0 heterocycles. The van der Waals surface area contributed by atoms with E-state index in [2.05, 4.69) is 5.32 Å². The van der Waals surface area contributed by atoms with Gasteiger partial charge in [-0.25, -0.2) is 4.79 Å². The first kappa shape index (κ1) is 13.3. The van der Waals surface area contributed by atoms with Crippen molar-refractivity contribution < 1.29 is 14.1 Å². The Morgan fingerprint density at radius 1 is 1.57 bits per heavy atom. The van der Waals surface area contributed by atoms with E-state index >= 15 is 0 Å². The van der Waals surface area contributed by atoms with Crippen LogP contribution in [-0.4, -0.2) is 39.9 Å². The highest BCUT2D eigenvalue weighted by Gasteiger charge is 1.96. The maximum absolute atomic E-state index is 11.0. The van der Waals surface area contributed by atoms with Crippen LogP contribution in [0.2, 0.25) is 0 Å². The Morgan fingerprint density at radius 3 is 2.71 bits per heavy atom. The van der Waals surface area contributed by atoms with Crippen LogP contribution in [0, 0.1) is 0 Å². The highest BCUT2D eigenvalue weighted by molar-refractivity contribution is 7.84. The fourth-order valence-electron chi connectivity index (χ4n) is 0.878. The van der Waals surface area contributed by atoms with Crippen molar-refractivity contribution in [3.05, 3.63) is 11.6 Å². The lowest BCUT2D eigenvalue weighted by Gasteiger charge is -2.03. The van der Waals surface area contributed by atoms with Crippen molar-refractivity contribution in [1.82, 2.24) is 5.32 Å². The number of hydrogen-bond donors (Lipinski definition) is 2. The Balaban J connectivity index is 3.55. The van der Waals surface area contributed by atoms with E-state index in [4.69, 9.17) is 5.11 Å². The number of carboxylic acids is 1. The van der Waals surface area contributed by atoms with Gasteiger partial charge < -0.3 is 10.4 Å². The summed E-state index contributed by atoms with van der Waals surface area (Å²) in [4.78, 5) is 10.2. The first-order chi connectivity index (χ1) is 6.56. The molecule has 0 aliphatic heterocycles. The van der Waals surface area contributed by atoms with Gasteiger partial charge in [-0.1, -0.05) is 12.5 Å². The van der Waals surface area contributed by atoms with Gasteiger partial charge in [0.05, 0.1) is 0 Å². The number of rotatable bonds is 7. The van der Waals surface area contributed by atoms with E-state index in [1.165, 1.54) is 6.08 Å². The minimum absolute atomic E-state index is 0.535. The third-order valence-corrected chi connectivity index (χ3v) is 2.91. The Bertz CT molecular complexity index is 238. The summed E-state index contributed by atoms with van der Waals surface area (Å²) >= 11 is 0. The normalized spacial score (nSPS) is 14.0. The Morgan fingerprint density at radius 2 is 2.21 bits per heavy atom. The van der Waals surface area contributed by atoms with E-state index in [1.807, 2.05) is 6.92 Å². The zero-order valence-electron chi connectivity index (χ0n) is 8.58. The standard InChI is InChI=1S/C9H17NO3S/c1-3-14(13)5-4-10-7-8(2)6-9(11)12/h6,10H,3-5,7H2,1-2H3,(H,11,12). The molecule has 82 valence electrons. The summed E-state index contributed by atoms with van der Waals surface area (Å²) in [5.74, 6) is 0.365. The zero-order chi connectivity index (χ0) is 11.0. The van der Waals surface area contributed by atoms with E-state index in [9.17, 15) is 9.00 Å². The van der Waals surface area contributed by atoms with E-state index < -0.39 is 16.8 Å². The molecule has 5 heteroatoms. The quantitative estimate of drug-likeness (QED) is 0.480. The lowest BCUT2D eigenvalue weighted by Crippen LogP contribution is -2.23. The Kier molecular flexibility index (Phi) is 7.32. The van der Waals surface area contributed by atoms with Gasteiger partial charge in [-0.05, 0) is 6.92 Å². The largest absolute Gasteiger partial charge is 0.478 e. The van der Waals surface area contributed by atoms with Crippen molar-refractivity contribution in [3.63, 3.8) is 0 Å². The third kappa shape index (κ3) is 7.94. The second-order valence-electron chi connectivity index (χ2n) is 2.94. The molecule has 0 aromatic heterocycles. The minimum Gasteiger partial charge on any atom is -0.478 e. The Hall–Kier alpha value is -0.680. The molecule has 0 aromatic carbocycles. The molecule has 0 saturated heterocycles. The molecule has 4 nitrogen and oxygen atoms in total. The van der Waals surface area contributed by atoms with Crippen LogP contribution in [0.5, 0.6) is 0 Å². The van der Waals surface area contributed by atoms with Gasteiger partial charge in [0.1, 0.15) is 0 Å². The summed E-state index contributed by atoms with van der Waals surface area (Å²) in [7, 11) is -0.751. The van der Waals surface area contributed by atoms with E-state index in [-0.39, 0.29) is 0 Å². The van der Waals surface area contributed by atoms with Gasteiger partial charge in [-0.2, -0.15) is 0 Å². The maximum atomic E-state index is 11.0. The van der Waals surface area contributed by atoms with Crippen LogP contribution in [0.3, 0.4) is 0 Å². The summed E-state index contributed by atoms with van der Waals surface area (Å²) < 4.78 is 11.0. The van der Waals surface area contributed by atoms with Crippen molar-refractivity contribution >= 4 is 16.8 Å².